The highest BCUT2D eigenvalue weighted by molar-refractivity contribution is 6.33. The SMILES string of the molecule is COc1ccc2c(c1Cl)CCNC=C2. The van der Waals surface area contributed by atoms with Crippen LogP contribution in [0.4, 0.5) is 0 Å². The van der Waals surface area contributed by atoms with Crippen LogP contribution in [0.1, 0.15) is 11.1 Å². The molecule has 0 fully saturated rings. The lowest BCUT2D eigenvalue weighted by molar-refractivity contribution is 0.414. The third-order valence-corrected chi connectivity index (χ3v) is 2.78. The van der Waals surface area contributed by atoms with E-state index in [4.69, 9.17) is 16.3 Å². The van der Waals surface area contributed by atoms with Crippen molar-refractivity contribution in [2.45, 2.75) is 6.42 Å². The fourth-order valence-corrected chi connectivity index (χ4v) is 1.96. The first-order valence-corrected chi connectivity index (χ1v) is 4.96. The number of benzene rings is 1. The summed E-state index contributed by atoms with van der Waals surface area (Å²) in [6.45, 7) is 0.913. The summed E-state index contributed by atoms with van der Waals surface area (Å²) in [4.78, 5) is 0. The van der Waals surface area contributed by atoms with Crippen molar-refractivity contribution in [2.75, 3.05) is 13.7 Å². The van der Waals surface area contributed by atoms with Crippen LogP contribution < -0.4 is 10.1 Å². The van der Waals surface area contributed by atoms with Crippen molar-refractivity contribution in [3.8, 4) is 5.75 Å². The van der Waals surface area contributed by atoms with Crippen molar-refractivity contribution < 1.29 is 4.74 Å². The standard InChI is InChI=1S/C11H12ClNO/c1-14-10-3-2-8-4-6-13-7-5-9(8)11(10)12/h2-4,6,13H,5,7H2,1H3. The first-order valence-electron chi connectivity index (χ1n) is 4.58. The lowest BCUT2D eigenvalue weighted by atomic mass is 10.0. The predicted octanol–water partition coefficient (Wildman–Crippen LogP) is 2.46. The minimum absolute atomic E-state index is 0.735. The van der Waals surface area contributed by atoms with Gasteiger partial charge in [-0.05, 0) is 35.9 Å². The Balaban J connectivity index is 2.52. The van der Waals surface area contributed by atoms with Crippen LogP contribution in [0.3, 0.4) is 0 Å². The zero-order valence-electron chi connectivity index (χ0n) is 8.01. The van der Waals surface area contributed by atoms with Crippen LogP contribution >= 0.6 is 11.6 Å². The number of hydrogen-bond donors (Lipinski definition) is 1. The average molecular weight is 210 g/mol. The van der Waals surface area contributed by atoms with Gasteiger partial charge in [0.05, 0.1) is 12.1 Å². The second kappa shape index (κ2) is 3.93. The molecule has 74 valence electrons. The maximum atomic E-state index is 6.21. The van der Waals surface area contributed by atoms with Gasteiger partial charge in [-0.3, -0.25) is 0 Å². The highest BCUT2D eigenvalue weighted by atomic mass is 35.5. The van der Waals surface area contributed by atoms with E-state index >= 15 is 0 Å². The number of rotatable bonds is 1. The predicted molar refractivity (Wildman–Crippen MR) is 58.7 cm³/mol. The van der Waals surface area contributed by atoms with Crippen LogP contribution in [-0.4, -0.2) is 13.7 Å². The Bertz CT molecular complexity index is 374. The van der Waals surface area contributed by atoms with Gasteiger partial charge in [-0.25, -0.2) is 0 Å². The van der Waals surface area contributed by atoms with Crippen LogP contribution in [0.5, 0.6) is 5.75 Å². The Morgan fingerprint density at radius 3 is 3.07 bits per heavy atom. The molecule has 1 aromatic carbocycles. The van der Waals surface area contributed by atoms with Gasteiger partial charge in [-0.2, -0.15) is 0 Å². The number of halogens is 1. The molecule has 1 aliphatic rings. The van der Waals surface area contributed by atoms with E-state index in [1.165, 1.54) is 5.56 Å². The van der Waals surface area contributed by atoms with Crippen LogP contribution in [-0.2, 0) is 6.42 Å². The Labute approximate surface area is 88.5 Å². The number of nitrogens with one attached hydrogen (secondary N) is 1. The van der Waals surface area contributed by atoms with E-state index in [0.29, 0.717) is 0 Å². The maximum absolute atomic E-state index is 6.21. The molecule has 3 heteroatoms. The zero-order valence-corrected chi connectivity index (χ0v) is 8.77. The van der Waals surface area contributed by atoms with Crippen molar-refractivity contribution >= 4 is 17.7 Å². The number of ether oxygens (including phenoxy) is 1. The summed E-state index contributed by atoms with van der Waals surface area (Å²) < 4.78 is 5.18. The quantitative estimate of drug-likeness (QED) is 0.767. The molecule has 0 radical (unpaired) electrons. The molecule has 0 spiro atoms. The summed E-state index contributed by atoms with van der Waals surface area (Å²) in [6, 6.07) is 3.93. The minimum Gasteiger partial charge on any atom is -0.495 e. The van der Waals surface area contributed by atoms with Gasteiger partial charge in [0.15, 0.2) is 0 Å². The molecule has 14 heavy (non-hydrogen) atoms. The molecular weight excluding hydrogens is 198 g/mol. The van der Waals surface area contributed by atoms with E-state index in [2.05, 4.69) is 5.32 Å². The Morgan fingerprint density at radius 2 is 2.29 bits per heavy atom. The summed E-state index contributed by atoms with van der Waals surface area (Å²) in [5, 5.41) is 3.91. The van der Waals surface area contributed by atoms with Gasteiger partial charge in [-0.15, -0.1) is 0 Å². The van der Waals surface area contributed by atoms with E-state index in [-0.39, 0.29) is 0 Å². The molecule has 2 rings (SSSR count). The molecule has 0 unspecified atom stereocenters. The van der Waals surface area contributed by atoms with E-state index in [0.717, 1.165) is 29.3 Å². The average Bonchev–Trinajstić information content (AvgIpc) is 2.44. The van der Waals surface area contributed by atoms with Crippen molar-refractivity contribution in [2.24, 2.45) is 0 Å². The zero-order chi connectivity index (χ0) is 9.97. The van der Waals surface area contributed by atoms with Gasteiger partial charge >= 0.3 is 0 Å². The second-order valence-electron chi connectivity index (χ2n) is 3.19. The molecule has 0 saturated heterocycles. The van der Waals surface area contributed by atoms with E-state index in [1.807, 2.05) is 24.4 Å². The van der Waals surface area contributed by atoms with Crippen molar-refractivity contribution in [3.63, 3.8) is 0 Å². The molecular formula is C11H12ClNO. The number of methoxy groups -OCH3 is 1. The van der Waals surface area contributed by atoms with Gasteiger partial charge in [0, 0.05) is 6.54 Å². The van der Waals surface area contributed by atoms with Gasteiger partial charge < -0.3 is 10.1 Å². The summed E-state index contributed by atoms with van der Waals surface area (Å²) in [7, 11) is 1.64. The molecule has 1 N–H and O–H groups in total. The summed E-state index contributed by atoms with van der Waals surface area (Å²) in [5.41, 5.74) is 2.33. The van der Waals surface area contributed by atoms with Crippen molar-refractivity contribution in [3.05, 3.63) is 34.5 Å². The third kappa shape index (κ3) is 1.58. The normalized spacial score (nSPS) is 14.1. The summed E-state index contributed by atoms with van der Waals surface area (Å²) in [5.74, 6) is 0.751. The number of hydrogen-bond acceptors (Lipinski definition) is 2. The van der Waals surface area contributed by atoms with Gasteiger partial charge in [0.2, 0.25) is 0 Å². The van der Waals surface area contributed by atoms with Crippen molar-refractivity contribution in [1.82, 2.24) is 5.32 Å². The first-order chi connectivity index (χ1) is 6.83. The monoisotopic (exact) mass is 209 g/mol. The molecule has 1 heterocycles. The maximum Gasteiger partial charge on any atom is 0.137 e. The number of fused-ring (bicyclic) bond motifs is 1. The fourth-order valence-electron chi connectivity index (χ4n) is 1.61. The van der Waals surface area contributed by atoms with Crippen LogP contribution in [0, 0.1) is 0 Å². The Morgan fingerprint density at radius 1 is 1.43 bits per heavy atom. The van der Waals surface area contributed by atoms with Gasteiger partial charge in [-0.1, -0.05) is 17.7 Å². The molecule has 0 atom stereocenters. The van der Waals surface area contributed by atoms with Crippen LogP contribution in [0.2, 0.25) is 5.02 Å². The molecule has 2 nitrogen and oxygen atoms in total. The van der Waals surface area contributed by atoms with Crippen molar-refractivity contribution in [1.29, 1.82) is 0 Å². The Hall–Kier alpha value is -1.15. The smallest absolute Gasteiger partial charge is 0.137 e. The molecule has 0 aliphatic carbocycles. The first kappa shape index (κ1) is 9.41. The third-order valence-electron chi connectivity index (χ3n) is 2.36. The largest absolute Gasteiger partial charge is 0.495 e. The fraction of sp³-hybridized carbons (Fsp3) is 0.273. The highest BCUT2D eigenvalue weighted by Gasteiger charge is 2.11. The molecule has 0 aromatic heterocycles. The lowest BCUT2D eigenvalue weighted by Crippen LogP contribution is -2.07. The van der Waals surface area contributed by atoms with Gasteiger partial charge in [0.1, 0.15) is 5.75 Å². The lowest BCUT2D eigenvalue weighted by Gasteiger charge is -2.10. The molecule has 0 bridgehead atoms. The molecule has 1 aromatic rings. The molecule has 1 aliphatic heterocycles. The van der Waals surface area contributed by atoms with Crippen LogP contribution in [0.15, 0.2) is 18.3 Å². The van der Waals surface area contributed by atoms with Gasteiger partial charge in [0.25, 0.3) is 0 Å². The molecule has 0 amide bonds. The molecule has 0 saturated carbocycles. The second-order valence-corrected chi connectivity index (χ2v) is 3.57. The minimum atomic E-state index is 0.735. The Kier molecular flexibility index (Phi) is 2.64. The van der Waals surface area contributed by atoms with E-state index < -0.39 is 0 Å². The van der Waals surface area contributed by atoms with Crippen LogP contribution in [0.25, 0.3) is 6.08 Å². The van der Waals surface area contributed by atoms with E-state index in [9.17, 15) is 0 Å². The van der Waals surface area contributed by atoms with E-state index in [1.54, 1.807) is 7.11 Å². The topological polar surface area (TPSA) is 21.3 Å². The summed E-state index contributed by atoms with van der Waals surface area (Å²) in [6.07, 6.45) is 4.92. The summed E-state index contributed by atoms with van der Waals surface area (Å²) >= 11 is 6.21. The highest BCUT2D eigenvalue weighted by Crippen LogP contribution is 2.32.